The topological polar surface area (TPSA) is 41.6 Å². The zero-order valence-corrected chi connectivity index (χ0v) is 16.7. The molecule has 5 rings (SSSR count). The van der Waals surface area contributed by atoms with Crippen molar-refractivity contribution in [3.63, 3.8) is 0 Å². The molecule has 0 radical (unpaired) electrons. The highest BCUT2D eigenvalue weighted by atomic mass is 16.5. The molecule has 1 unspecified atom stereocenters. The van der Waals surface area contributed by atoms with Crippen LogP contribution in [0.5, 0.6) is 5.75 Å². The second-order valence-electron chi connectivity index (χ2n) is 7.48. The number of carbonyl (C=O) groups is 1. The number of amides is 1. The maximum Gasteiger partial charge on any atom is 0.257 e. The average molecular weight is 394 g/mol. The van der Waals surface area contributed by atoms with Gasteiger partial charge in [0, 0.05) is 18.3 Å². The van der Waals surface area contributed by atoms with E-state index in [1.807, 2.05) is 79.8 Å². The highest BCUT2D eigenvalue weighted by molar-refractivity contribution is 6.02. The van der Waals surface area contributed by atoms with Gasteiger partial charge in [0.15, 0.2) is 0 Å². The van der Waals surface area contributed by atoms with Crippen molar-refractivity contribution in [2.24, 2.45) is 0 Å². The van der Waals surface area contributed by atoms with Gasteiger partial charge in [0.05, 0.1) is 5.56 Å². The lowest BCUT2D eigenvalue weighted by atomic mass is 9.97. The third-order valence-electron chi connectivity index (χ3n) is 5.60. The maximum absolute atomic E-state index is 13.1. The molecular formula is C26H22N2O2. The van der Waals surface area contributed by atoms with Gasteiger partial charge >= 0.3 is 0 Å². The minimum atomic E-state index is -0.329. The maximum atomic E-state index is 13.1. The molecule has 4 aromatic carbocycles. The van der Waals surface area contributed by atoms with Crippen molar-refractivity contribution in [2.75, 3.05) is 12.4 Å². The van der Waals surface area contributed by atoms with Crippen LogP contribution in [0.25, 0.3) is 10.8 Å². The molecule has 148 valence electrons. The van der Waals surface area contributed by atoms with Gasteiger partial charge in [-0.2, -0.15) is 0 Å². The highest BCUT2D eigenvalue weighted by Gasteiger charge is 2.32. The van der Waals surface area contributed by atoms with Crippen molar-refractivity contribution in [3.05, 3.63) is 108 Å². The molecule has 1 amide bonds. The predicted molar refractivity (Wildman–Crippen MR) is 120 cm³/mol. The minimum absolute atomic E-state index is 0.00343. The molecule has 1 aliphatic heterocycles. The zero-order chi connectivity index (χ0) is 20.5. The zero-order valence-electron chi connectivity index (χ0n) is 16.7. The number of hydrogen-bond acceptors (Lipinski definition) is 3. The van der Waals surface area contributed by atoms with Crippen LogP contribution in [0.4, 0.5) is 5.69 Å². The fourth-order valence-corrected chi connectivity index (χ4v) is 4.03. The fourth-order valence-electron chi connectivity index (χ4n) is 4.03. The molecule has 0 aromatic heterocycles. The summed E-state index contributed by atoms with van der Waals surface area (Å²) in [6.07, 6.45) is -0.329. The summed E-state index contributed by atoms with van der Waals surface area (Å²) in [5.74, 6) is 0.769. The average Bonchev–Trinajstić information content (AvgIpc) is 2.80. The molecule has 0 saturated carbocycles. The van der Waals surface area contributed by atoms with Gasteiger partial charge in [-0.3, -0.25) is 4.79 Å². The first-order chi connectivity index (χ1) is 14.7. The number of nitrogens with one attached hydrogen (secondary N) is 1. The molecule has 0 aliphatic carbocycles. The Kier molecular flexibility index (Phi) is 4.60. The second-order valence-corrected chi connectivity index (χ2v) is 7.48. The van der Waals surface area contributed by atoms with Gasteiger partial charge in [0.25, 0.3) is 5.91 Å². The van der Waals surface area contributed by atoms with Gasteiger partial charge in [-0.05, 0) is 34.5 Å². The van der Waals surface area contributed by atoms with Gasteiger partial charge in [0.2, 0.25) is 0 Å². The second kappa shape index (κ2) is 7.56. The lowest BCUT2D eigenvalue weighted by Crippen LogP contribution is -2.40. The van der Waals surface area contributed by atoms with E-state index < -0.39 is 0 Å². The first-order valence-corrected chi connectivity index (χ1v) is 10.0. The quantitative estimate of drug-likeness (QED) is 0.489. The summed E-state index contributed by atoms with van der Waals surface area (Å²) in [6.45, 7) is 0.465. The van der Waals surface area contributed by atoms with Crippen molar-refractivity contribution in [1.82, 2.24) is 4.90 Å². The Balaban J connectivity index is 1.61. The molecule has 1 atom stereocenters. The summed E-state index contributed by atoms with van der Waals surface area (Å²) in [6, 6.07) is 30.0. The largest absolute Gasteiger partial charge is 0.488 e. The van der Waals surface area contributed by atoms with Crippen LogP contribution in [0.15, 0.2) is 91.0 Å². The fraction of sp³-hybridized carbons (Fsp3) is 0.115. The SMILES string of the molecule is CN1C(=O)c2ccccc2NC1c1c(OCc2ccccc2)ccc2ccccc12. The summed E-state index contributed by atoms with van der Waals surface area (Å²) in [4.78, 5) is 14.8. The van der Waals surface area contributed by atoms with E-state index >= 15 is 0 Å². The molecule has 4 nitrogen and oxygen atoms in total. The Morgan fingerprint density at radius 2 is 1.60 bits per heavy atom. The Morgan fingerprint density at radius 1 is 0.867 bits per heavy atom. The number of nitrogens with zero attached hydrogens (tertiary/aromatic N) is 1. The van der Waals surface area contributed by atoms with Crippen LogP contribution in [0.1, 0.15) is 27.7 Å². The van der Waals surface area contributed by atoms with Crippen molar-refractivity contribution in [3.8, 4) is 5.75 Å². The monoisotopic (exact) mass is 394 g/mol. The third kappa shape index (κ3) is 3.16. The number of ether oxygens (including phenoxy) is 1. The van der Waals surface area contributed by atoms with Crippen molar-refractivity contribution >= 4 is 22.4 Å². The third-order valence-corrected chi connectivity index (χ3v) is 5.60. The number of benzene rings is 4. The standard InChI is InChI=1S/C26H22N2O2/c1-28-25(27-22-14-8-7-13-21(22)26(28)29)24-20-12-6-5-11-19(20)15-16-23(24)30-17-18-9-3-2-4-10-18/h2-16,25,27H,17H2,1H3. The molecule has 0 saturated heterocycles. The van der Waals surface area contributed by atoms with Crippen LogP contribution in [0.3, 0.4) is 0 Å². The van der Waals surface area contributed by atoms with Crippen LogP contribution in [0.2, 0.25) is 0 Å². The van der Waals surface area contributed by atoms with E-state index in [0.717, 1.165) is 33.3 Å². The molecular weight excluding hydrogens is 372 g/mol. The molecule has 1 N–H and O–H groups in total. The number of anilines is 1. The van der Waals surface area contributed by atoms with Crippen LogP contribution in [-0.4, -0.2) is 17.9 Å². The minimum Gasteiger partial charge on any atom is -0.488 e. The van der Waals surface area contributed by atoms with E-state index in [1.54, 1.807) is 4.90 Å². The molecule has 0 fully saturated rings. The van der Waals surface area contributed by atoms with Crippen molar-refractivity contribution in [1.29, 1.82) is 0 Å². The Labute approximate surface area is 175 Å². The van der Waals surface area contributed by atoms with Gasteiger partial charge in [-0.1, -0.05) is 72.8 Å². The van der Waals surface area contributed by atoms with E-state index in [4.69, 9.17) is 4.74 Å². The summed E-state index contributed by atoms with van der Waals surface area (Å²) in [5.41, 5.74) is 3.59. The summed E-state index contributed by atoms with van der Waals surface area (Å²) in [7, 11) is 1.83. The van der Waals surface area contributed by atoms with Gasteiger partial charge in [-0.15, -0.1) is 0 Å². The Hall–Kier alpha value is -3.79. The number of para-hydroxylation sites is 1. The molecule has 30 heavy (non-hydrogen) atoms. The molecule has 4 aromatic rings. The number of rotatable bonds is 4. The molecule has 1 aliphatic rings. The van der Waals surface area contributed by atoms with E-state index in [9.17, 15) is 4.79 Å². The lowest BCUT2D eigenvalue weighted by Gasteiger charge is -2.36. The van der Waals surface area contributed by atoms with E-state index in [-0.39, 0.29) is 12.1 Å². The van der Waals surface area contributed by atoms with Crippen LogP contribution in [0, 0.1) is 0 Å². The van der Waals surface area contributed by atoms with Gasteiger partial charge in [-0.25, -0.2) is 0 Å². The number of fused-ring (bicyclic) bond motifs is 2. The van der Waals surface area contributed by atoms with Gasteiger partial charge < -0.3 is 15.0 Å². The van der Waals surface area contributed by atoms with Crippen LogP contribution >= 0.6 is 0 Å². The smallest absolute Gasteiger partial charge is 0.257 e. The molecule has 1 heterocycles. The summed E-state index contributed by atoms with van der Waals surface area (Å²) < 4.78 is 6.28. The number of carbonyl (C=O) groups excluding carboxylic acids is 1. The van der Waals surface area contributed by atoms with Crippen LogP contribution < -0.4 is 10.1 Å². The van der Waals surface area contributed by atoms with Gasteiger partial charge in [0.1, 0.15) is 18.5 Å². The normalized spacial score (nSPS) is 15.6. The van der Waals surface area contributed by atoms with Crippen molar-refractivity contribution in [2.45, 2.75) is 12.8 Å². The molecule has 4 heteroatoms. The summed E-state index contributed by atoms with van der Waals surface area (Å²) in [5, 5.41) is 5.73. The molecule has 0 spiro atoms. The first-order valence-electron chi connectivity index (χ1n) is 10.0. The summed E-state index contributed by atoms with van der Waals surface area (Å²) >= 11 is 0. The van der Waals surface area contributed by atoms with Crippen LogP contribution in [-0.2, 0) is 6.61 Å². The van der Waals surface area contributed by atoms with Crippen molar-refractivity contribution < 1.29 is 9.53 Å². The molecule has 0 bridgehead atoms. The van der Waals surface area contributed by atoms with E-state index in [1.165, 1.54) is 0 Å². The van der Waals surface area contributed by atoms with E-state index in [0.29, 0.717) is 12.2 Å². The predicted octanol–water partition coefficient (Wildman–Crippen LogP) is 5.62. The first kappa shape index (κ1) is 18.3. The van der Waals surface area contributed by atoms with E-state index in [2.05, 4.69) is 23.5 Å². The Morgan fingerprint density at radius 3 is 2.47 bits per heavy atom. The highest BCUT2D eigenvalue weighted by Crippen LogP contribution is 2.40. The number of hydrogen-bond donors (Lipinski definition) is 1. The lowest BCUT2D eigenvalue weighted by molar-refractivity contribution is 0.0734. The Bertz CT molecular complexity index is 1220.